The van der Waals surface area contributed by atoms with Crippen molar-refractivity contribution >= 4 is 11.3 Å². The van der Waals surface area contributed by atoms with Crippen LogP contribution in [0.5, 0.6) is 0 Å². The van der Waals surface area contributed by atoms with Crippen LogP contribution in [0.1, 0.15) is 43.8 Å². The number of rotatable bonds is 5. The molecule has 2 unspecified atom stereocenters. The summed E-state index contributed by atoms with van der Waals surface area (Å²) in [6.45, 7) is 9.95. The zero-order chi connectivity index (χ0) is 13.0. The summed E-state index contributed by atoms with van der Waals surface area (Å²) < 4.78 is 0. The van der Waals surface area contributed by atoms with Gasteiger partial charge in [-0.05, 0) is 19.8 Å². The fourth-order valence-electron chi connectivity index (χ4n) is 2.70. The Labute approximate surface area is 115 Å². The molecule has 18 heavy (non-hydrogen) atoms. The highest BCUT2D eigenvalue weighted by Crippen LogP contribution is 2.18. The number of piperazine rings is 1. The average Bonchev–Trinajstić information content (AvgIpc) is 2.77. The number of aryl methyl sites for hydroxylation is 1. The van der Waals surface area contributed by atoms with Crippen LogP contribution < -0.4 is 5.32 Å². The van der Waals surface area contributed by atoms with Crippen LogP contribution in [-0.2, 0) is 6.54 Å². The smallest absolute Gasteiger partial charge is 0.0897 e. The minimum absolute atomic E-state index is 0.651. The Balaban J connectivity index is 2.00. The highest BCUT2D eigenvalue weighted by atomic mass is 32.1. The standard InChI is InChI=1S/C14H25N3S/c1-4-6-14-7-15-12(5-2)8-17(14)9-13-10-18-11(3)16-13/h10,12,14-15H,4-9H2,1-3H3. The van der Waals surface area contributed by atoms with Crippen molar-refractivity contribution < 1.29 is 0 Å². The van der Waals surface area contributed by atoms with E-state index in [2.05, 4.69) is 41.4 Å². The van der Waals surface area contributed by atoms with E-state index in [1.165, 1.54) is 30.0 Å². The molecule has 0 bridgehead atoms. The zero-order valence-electron chi connectivity index (χ0n) is 11.8. The molecule has 1 aromatic rings. The number of nitrogens with one attached hydrogen (secondary N) is 1. The van der Waals surface area contributed by atoms with Crippen molar-refractivity contribution in [3.63, 3.8) is 0 Å². The first-order valence-corrected chi connectivity index (χ1v) is 7.99. The van der Waals surface area contributed by atoms with Gasteiger partial charge in [-0.2, -0.15) is 0 Å². The molecule has 2 atom stereocenters. The van der Waals surface area contributed by atoms with Gasteiger partial charge in [-0.15, -0.1) is 11.3 Å². The van der Waals surface area contributed by atoms with Gasteiger partial charge >= 0.3 is 0 Å². The second-order valence-electron chi connectivity index (χ2n) is 5.24. The topological polar surface area (TPSA) is 28.2 Å². The van der Waals surface area contributed by atoms with Gasteiger partial charge in [0.1, 0.15) is 0 Å². The van der Waals surface area contributed by atoms with Gasteiger partial charge in [0.05, 0.1) is 10.7 Å². The number of nitrogens with zero attached hydrogens (tertiary/aromatic N) is 2. The van der Waals surface area contributed by atoms with Gasteiger partial charge < -0.3 is 5.32 Å². The molecular weight excluding hydrogens is 242 g/mol. The number of thiazole rings is 1. The minimum atomic E-state index is 0.651. The van der Waals surface area contributed by atoms with Crippen LogP contribution in [0.2, 0.25) is 0 Å². The second-order valence-corrected chi connectivity index (χ2v) is 6.31. The predicted octanol–water partition coefficient (Wildman–Crippen LogP) is 2.80. The third kappa shape index (κ3) is 3.53. The molecule has 4 heteroatoms. The number of aromatic nitrogens is 1. The molecule has 1 aliphatic rings. The fourth-order valence-corrected chi connectivity index (χ4v) is 3.31. The third-order valence-corrected chi connectivity index (χ3v) is 4.58. The average molecular weight is 267 g/mol. The first-order chi connectivity index (χ1) is 8.72. The van der Waals surface area contributed by atoms with Crippen LogP contribution in [0.15, 0.2) is 5.38 Å². The van der Waals surface area contributed by atoms with E-state index in [9.17, 15) is 0 Å². The molecule has 0 radical (unpaired) electrons. The molecular formula is C14H25N3S. The summed E-state index contributed by atoms with van der Waals surface area (Å²) in [5.74, 6) is 0. The molecule has 1 aliphatic heterocycles. The highest BCUT2D eigenvalue weighted by Gasteiger charge is 2.26. The van der Waals surface area contributed by atoms with Crippen molar-refractivity contribution in [2.24, 2.45) is 0 Å². The Hall–Kier alpha value is -0.450. The lowest BCUT2D eigenvalue weighted by Crippen LogP contribution is -2.55. The Kier molecular flexibility index (Phi) is 5.15. The van der Waals surface area contributed by atoms with E-state index < -0.39 is 0 Å². The first kappa shape index (κ1) is 14.0. The Morgan fingerprint density at radius 1 is 1.50 bits per heavy atom. The van der Waals surface area contributed by atoms with Gasteiger partial charge in [-0.1, -0.05) is 20.3 Å². The lowest BCUT2D eigenvalue weighted by atomic mass is 10.0. The van der Waals surface area contributed by atoms with Gasteiger partial charge in [0, 0.05) is 37.1 Å². The van der Waals surface area contributed by atoms with E-state index in [0.717, 1.165) is 19.6 Å². The molecule has 1 fully saturated rings. The van der Waals surface area contributed by atoms with Crippen LogP contribution in [0.25, 0.3) is 0 Å². The fraction of sp³-hybridized carbons (Fsp3) is 0.786. The van der Waals surface area contributed by atoms with E-state index in [4.69, 9.17) is 0 Å². The van der Waals surface area contributed by atoms with Crippen LogP contribution >= 0.6 is 11.3 Å². The Morgan fingerprint density at radius 2 is 2.33 bits per heavy atom. The quantitative estimate of drug-likeness (QED) is 0.889. The summed E-state index contributed by atoms with van der Waals surface area (Å²) in [6.07, 6.45) is 3.76. The maximum Gasteiger partial charge on any atom is 0.0897 e. The molecule has 0 aromatic carbocycles. The molecule has 102 valence electrons. The van der Waals surface area contributed by atoms with E-state index >= 15 is 0 Å². The Bertz CT molecular complexity index is 364. The largest absolute Gasteiger partial charge is 0.311 e. The SMILES string of the molecule is CCCC1CNC(CC)CN1Cc1csc(C)n1. The van der Waals surface area contributed by atoms with E-state index in [1.807, 2.05) is 0 Å². The molecule has 1 aromatic heterocycles. The maximum absolute atomic E-state index is 4.61. The summed E-state index contributed by atoms with van der Waals surface area (Å²) in [6, 6.07) is 1.33. The summed E-state index contributed by atoms with van der Waals surface area (Å²) in [5, 5.41) is 7.05. The van der Waals surface area contributed by atoms with Crippen molar-refractivity contribution in [3.8, 4) is 0 Å². The van der Waals surface area contributed by atoms with Crippen LogP contribution in [0.4, 0.5) is 0 Å². The van der Waals surface area contributed by atoms with Crippen molar-refractivity contribution in [2.45, 2.75) is 58.7 Å². The van der Waals surface area contributed by atoms with Crippen molar-refractivity contribution in [1.29, 1.82) is 0 Å². The van der Waals surface area contributed by atoms with E-state index in [0.29, 0.717) is 12.1 Å². The third-order valence-electron chi connectivity index (χ3n) is 3.76. The summed E-state index contributed by atoms with van der Waals surface area (Å²) >= 11 is 1.76. The monoisotopic (exact) mass is 267 g/mol. The van der Waals surface area contributed by atoms with E-state index in [-0.39, 0.29) is 0 Å². The maximum atomic E-state index is 4.61. The van der Waals surface area contributed by atoms with Gasteiger partial charge in [-0.25, -0.2) is 4.98 Å². The van der Waals surface area contributed by atoms with Crippen LogP contribution in [-0.4, -0.2) is 35.1 Å². The van der Waals surface area contributed by atoms with E-state index in [1.54, 1.807) is 11.3 Å². The lowest BCUT2D eigenvalue weighted by Gasteiger charge is -2.40. The molecule has 0 amide bonds. The predicted molar refractivity (Wildman–Crippen MR) is 78.0 cm³/mol. The lowest BCUT2D eigenvalue weighted by molar-refractivity contribution is 0.112. The second kappa shape index (κ2) is 6.64. The molecule has 2 heterocycles. The molecule has 2 rings (SSSR count). The Morgan fingerprint density at radius 3 is 2.94 bits per heavy atom. The summed E-state index contributed by atoms with van der Waals surface area (Å²) in [5.41, 5.74) is 1.25. The molecule has 3 nitrogen and oxygen atoms in total. The number of hydrogen-bond acceptors (Lipinski definition) is 4. The van der Waals surface area contributed by atoms with Gasteiger partial charge in [0.2, 0.25) is 0 Å². The van der Waals surface area contributed by atoms with Gasteiger partial charge in [-0.3, -0.25) is 4.90 Å². The molecule has 0 saturated carbocycles. The summed E-state index contributed by atoms with van der Waals surface area (Å²) in [7, 11) is 0. The van der Waals surface area contributed by atoms with Gasteiger partial charge in [0.15, 0.2) is 0 Å². The summed E-state index contributed by atoms with van der Waals surface area (Å²) in [4.78, 5) is 7.23. The highest BCUT2D eigenvalue weighted by molar-refractivity contribution is 7.09. The molecule has 1 saturated heterocycles. The van der Waals surface area contributed by atoms with Crippen molar-refractivity contribution in [2.75, 3.05) is 13.1 Å². The minimum Gasteiger partial charge on any atom is -0.311 e. The number of hydrogen-bond donors (Lipinski definition) is 1. The molecule has 1 N–H and O–H groups in total. The first-order valence-electron chi connectivity index (χ1n) is 7.11. The molecule has 0 spiro atoms. The zero-order valence-corrected chi connectivity index (χ0v) is 12.6. The van der Waals surface area contributed by atoms with Crippen LogP contribution in [0, 0.1) is 6.92 Å². The normalized spacial score (nSPS) is 25.5. The van der Waals surface area contributed by atoms with Crippen molar-refractivity contribution in [1.82, 2.24) is 15.2 Å². The van der Waals surface area contributed by atoms with Crippen molar-refractivity contribution in [3.05, 3.63) is 16.1 Å². The van der Waals surface area contributed by atoms with Gasteiger partial charge in [0.25, 0.3) is 0 Å². The van der Waals surface area contributed by atoms with Crippen LogP contribution in [0.3, 0.4) is 0 Å². The molecule has 0 aliphatic carbocycles.